The van der Waals surface area contributed by atoms with Crippen LogP contribution in [0.4, 0.5) is 0 Å². The van der Waals surface area contributed by atoms with Gasteiger partial charge in [0.1, 0.15) is 5.82 Å². The highest BCUT2D eigenvalue weighted by atomic mass is 32.2. The van der Waals surface area contributed by atoms with E-state index in [4.69, 9.17) is 4.74 Å². The zero-order valence-electron chi connectivity index (χ0n) is 13.8. The van der Waals surface area contributed by atoms with Crippen molar-refractivity contribution in [2.75, 3.05) is 18.9 Å². The predicted octanol–water partition coefficient (Wildman–Crippen LogP) is 2.48. The molecule has 0 spiro atoms. The number of ether oxygens (including phenoxy) is 1. The lowest BCUT2D eigenvalue weighted by atomic mass is 9.95. The molecule has 0 bridgehead atoms. The summed E-state index contributed by atoms with van der Waals surface area (Å²) < 4.78 is 7.75. The standard InChI is InChI=1S/C16H26N4O2S/c1-12-18-19-16(20(12)13-6-3-2-4-7-13)23-11-15(21)17-10-14-8-5-9-22-14/h13-14H,2-11H2,1H3,(H,17,21)/t14-/m0/s1. The van der Waals surface area contributed by atoms with Crippen LogP contribution in [0.2, 0.25) is 0 Å². The lowest BCUT2D eigenvalue weighted by Crippen LogP contribution is -2.33. The number of rotatable bonds is 6. The third-order valence-electron chi connectivity index (χ3n) is 4.66. The first-order chi connectivity index (χ1) is 11.2. The molecule has 6 nitrogen and oxygen atoms in total. The first kappa shape index (κ1) is 16.8. The van der Waals surface area contributed by atoms with E-state index < -0.39 is 0 Å². The number of hydrogen-bond donors (Lipinski definition) is 1. The van der Waals surface area contributed by atoms with Crippen molar-refractivity contribution in [3.05, 3.63) is 5.82 Å². The number of nitrogens with one attached hydrogen (secondary N) is 1. The fraction of sp³-hybridized carbons (Fsp3) is 0.812. The number of thioether (sulfide) groups is 1. The second kappa shape index (κ2) is 8.15. The smallest absolute Gasteiger partial charge is 0.230 e. The normalized spacial score (nSPS) is 22.4. The molecule has 1 amide bonds. The Kier molecular flexibility index (Phi) is 5.94. The van der Waals surface area contributed by atoms with Crippen LogP contribution in [0.15, 0.2) is 5.16 Å². The molecular formula is C16H26N4O2S. The van der Waals surface area contributed by atoms with Gasteiger partial charge in [-0.2, -0.15) is 0 Å². The summed E-state index contributed by atoms with van der Waals surface area (Å²) in [6.07, 6.45) is 8.59. The van der Waals surface area contributed by atoms with Gasteiger partial charge in [-0.1, -0.05) is 31.0 Å². The van der Waals surface area contributed by atoms with E-state index >= 15 is 0 Å². The number of carbonyl (C=O) groups is 1. The largest absolute Gasteiger partial charge is 0.376 e. The Balaban J connectivity index is 1.50. The molecular weight excluding hydrogens is 312 g/mol. The van der Waals surface area contributed by atoms with Crippen molar-refractivity contribution < 1.29 is 9.53 Å². The molecule has 3 rings (SSSR count). The van der Waals surface area contributed by atoms with E-state index in [9.17, 15) is 4.79 Å². The van der Waals surface area contributed by atoms with Gasteiger partial charge in [-0.3, -0.25) is 4.79 Å². The Morgan fingerprint density at radius 1 is 1.26 bits per heavy atom. The fourth-order valence-corrected chi connectivity index (χ4v) is 4.30. The summed E-state index contributed by atoms with van der Waals surface area (Å²) in [6, 6.07) is 0.496. The van der Waals surface area contributed by atoms with Gasteiger partial charge >= 0.3 is 0 Å². The Hall–Kier alpha value is -1.08. The van der Waals surface area contributed by atoms with Crippen molar-refractivity contribution in [3.8, 4) is 0 Å². The van der Waals surface area contributed by atoms with Crippen LogP contribution in [-0.2, 0) is 9.53 Å². The SMILES string of the molecule is Cc1nnc(SCC(=O)NC[C@@H]2CCCO2)n1C1CCCCC1. The molecule has 1 aliphatic heterocycles. The number of aromatic nitrogens is 3. The molecule has 1 saturated carbocycles. The second-order valence-electron chi connectivity index (χ2n) is 6.42. The van der Waals surface area contributed by atoms with Crippen molar-refractivity contribution in [2.45, 2.75) is 69.2 Å². The molecule has 1 aliphatic carbocycles. The van der Waals surface area contributed by atoms with Crippen LogP contribution >= 0.6 is 11.8 Å². The van der Waals surface area contributed by atoms with Crippen LogP contribution in [0.5, 0.6) is 0 Å². The van der Waals surface area contributed by atoms with E-state index in [1.54, 1.807) is 0 Å². The molecule has 1 N–H and O–H groups in total. The molecule has 128 valence electrons. The third kappa shape index (κ3) is 4.47. The maximum atomic E-state index is 12.0. The Morgan fingerprint density at radius 2 is 2.09 bits per heavy atom. The van der Waals surface area contributed by atoms with Crippen molar-refractivity contribution in [1.82, 2.24) is 20.1 Å². The van der Waals surface area contributed by atoms with E-state index in [-0.39, 0.29) is 12.0 Å². The van der Waals surface area contributed by atoms with Gasteiger partial charge in [0, 0.05) is 19.2 Å². The van der Waals surface area contributed by atoms with Gasteiger partial charge in [0.2, 0.25) is 5.91 Å². The van der Waals surface area contributed by atoms with E-state index in [1.165, 1.54) is 43.9 Å². The number of amides is 1. The first-order valence-electron chi connectivity index (χ1n) is 8.66. The summed E-state index contributed by atoms with van der Waals surface area (Å²) >= 11 is 1.49. The Labute approximate surface area is 141 Å². The summed E-state index contributed by atoms with van der Waals surface area (Å²) in [5, 5.41) is 12.3. The summed E-state index contributed by atoms with van der Waals surface area (Å²) in [6.45, 7) is 3.44. The van der Waals surface area contributed by atoms with Crippen LogP contribution < -0.4 is 5.32 Å². The third-order valence-corrected chi connectivity index (χ3v) is 5.60. The summed E-state index contributed by atoms with van der Waals surface area (Å²) in [5.41, 5.74) is 0. The molecule has 23 heavy (non-hydrogen) atoms. The number of carbonyl (C=O) groups excluding carboxylic acids is 1. The molecule has 7 heteroatoms. The lowest BCUT2D eigenvalue weighted by molar-refractivity contribution is -0.119. The van der Waals surface area contributed by atoms with Crippen LogP contribution in [0.25, 0.3) is 0 Å². The fourth-order valence-electron chi connectivity index (χ4n) is 3.42. The Morgan fingerprint density at radius 3 is 2.83 bits per heavy atom. The van der Waals surface area contributed by atoms with Crippen molar-refractivity contribution in [1.29, 1.82) is 0 Å². The minimum atomic E-state index is 0.0429. The molecule has 2 fully saturated rings. The molecule has 1 aromatic rings. The van der Waals surface area contributed by atoms with Gasteiger partial charge in [0.05, 0.1) is 11.9 Å². The topological polar surface area (TPSA) is 69.0 Å². The average molecular weight is 338 g/mol. The molecule has 1 saturated heterocycles. The number of nitrogens with zero attached hydrogens (tertiary/aromatic N) is 3. The minimum absolute atomic E-state index is 0.0429. The maximum absolute atomic E-state index is 12.0. The highest BCUT2D eigenvalue weighted by Gasteiger charge is 2.22. The van der Waals surface area contributed by atoms with E-state index in [2.05, 4.69) is 20.1 Å². The molecule has 0 radical (unpaired) electrons. The molecule has 2 heterocycles. The van der Waals surface area contributed by atoms with Gasteiger partial charge in [-0.15, -0.1) is 10.2 Å². The Bertz CT molecular complexity index is 522. The molecule has 2 aliphatic rings. The van der Waals surface area contributed by atoms with Crippen molar-refractivity contribution in [3.63, 3.8) is 0 Å². The zero-order chi connectivity index (χ0) is 16.1. The van der Waals surface area contributed by atoms with Crippen LogP contribution in [0.1, 0.15) is 56.8 Å². The van der Waals surface area contributed by atoms with Gasteiger partial charge in [0.15, 0.2) is 5.16 Å². The van der Waals surface area contributed by atoms with E-state index in [0.29, 0.717) is 18.3 Å². The molecule has 1 atom stereocenters. The highest BCUT2D eigenvalue weighted by Crippen LogP contribution is 2.32. The zero-order valence-corrected chi connectivity index (χ0v) is 14.6. The van der Waals surface area contributed by atoms with Gasteiger partial charge in [-0.05, 0) is 32.6 Å². The maximum Gasteiger partial charge on any atom is 0.230 e. The first-order valence-corrected chi connectivity index (χ1v) is 9.65. The van der Waals surface area contributed by atoms with Crippen molar-refractivity contribution in [2.24, 2.45) is 0 Å². The average Bonchev–Trinajstić information content (AvgIpc) is 3.21. The highest BCUT2D eigenvalue weighted by molar-refractivity contribution is 7.99. The minimum Gasteiger partial charge on any atom is -0.376 e. The van der Waals surface area contributed by atoms with Crippen molar-refractivity contribution >= 4 is 17.7 Å². The summed E-state index contributed by atoms with van der Waals surface area (Å²) in [7, 11) is 0. The monoisotopic (exact) mass is 338 g/mol. The lowest BCUT2D eigenvalue weighted by Gasteiger charge is -2.24. The van der Waals surface area contributed by atoms with Gasteiger partial charge in [0.25, 0.3) is 0 Å². The van der Waals surface area contributed by atoms with Crippen LogP contribution in [-0.4, -0.2) is 45.7 Å². The quantitative estimate of drug-likeness (QED) is 0.807. The number of hydrogen-bond acceptors (Lipinski definition) is 5. The number of aryl methyl sites for hydroxylation is 1. The predicted molar refractivity (Wildman–Crippen MR) is 89.6 cm³/mol. The summed E-state index contributed by atoms with van der Waals surface area (Å²) in [4.78, 5) is 12.0. The van der Waals surface area contributed by atoms with Gasteiger partial charge < -0.3 is 14.6 Å². The molecule has 0 unspecified atom stereocenters. The van der Waals surface area contributed by atoms with Crippen LogP contribution in [0.3, 0.4) is 0 Å². The van der Waals surface area contributed by atoms with Gasteiger partial charge in [-0.25, -0.2) is 0 Å². The summed E-state index contributed by atoms with van der Waals surface area (Å²) in [5.74, 6) is 1.39. The van der Waals surface area contributed by atoms with Crippen LogP contribution in [0, 0.1) is 6.92 Å². The molecule has 1 aromatic heterocycles. The van der Waals surface area contributed by atoms with E-state index in [1.807, 2.05) is 6.92 Å². The second-order valence-corrected chi connectivity index (χ2v) is 7.36. The van der Waals surface area contributed by atoms with E-state index in [0.717, 1.165) is 30.4 Å². The molecule has 0 aromatic carbocycles.